The predicted octanol–water partition coefficient (Wildman–Crippen LogP) is 2.33. The first-order chi connectivity index (χ1) is 14.0. The third-order valence-electron chi connectivity index (χ3n) is 4.38. The van der Waals surface area contributed by atoms with Gasteiger partial charge in [0.15, 0.2) is 11.6 Å². The highest BCUT2D eigenvalue weighted by molar-refractivity contribution is 7.80. The van der Waals surface area contributed by atoms with Crippen molar-refractivity contribution in [2.45, 2.75) is 12.6 Å². The number of ether oxygens (including phenoxy) is 1. The van der Waals surface area contributed by atoms with Gasteiger partial charge in [0.1, 0.15) is 24.0 Å². The van der Waals surface area contributed by atoms with E-state index in [4.69, 9.17) is 28.6 Å². The Labute approximate surface area is 177 Å². The number of likely N-dealkylation sites (N-methyl/N-ethyl adjacent to an activating group) is 1. The van der Waals surface area contributed by atoms with Gasteiger partial charge in [-0.1, -0.05) is 54.2 Å². The largest absolute Gasteiger partial charge is 0.487 e. The van der Waals surface area contributed by atoms with Crippen molar-refractivity contribution in [3.63, 3.8) is 0 Å². The summed E-state index contributed by atoms with van der Waals surface area (Å²) >= 11 is 11.5. The van der Waals surface area contributed by atoms with Crippen molar-refractivity contribution in [3.8, 4) is 5.75 Å². The molecule has 0 aliphatic carbocycles. The second-order valence-corrected chi connectivity index (χ2v) is 7.32. The maximum absolute atomic E-state index is 12.7. The van der Waals surface area contributed by atoms with Crippen LogP contribution in [-0.4, -0.2) is 50.3 Å². The van der Waals surface area contributed by atoms with Crippen LogP contribution in [0.3, 0.4) is 0 Å². The van der Waals surface area contributed by atoms with E-state index < -0.39 is 11.9 Å². The Kier molecular flexibility index (Phi) is 5.41. The number of nitrogens with one attached hydrogen (secondary N) is 1. The molecule has 10 heteroatoms. The maximum atomic E-state index is 12.7. The smallest absolute Gasteiger partial charge is 0.291 e. The molecule has 3 aromatic rings. The number of amides is 1. The minimum absolute atomic E-state index is 0.0642. The monoisotopic (exact) mass is 428 g/mol. The molecule has 1 aliphatic heterocycles. The normalized spacial score (nSPS) is 16.0. The molecule has 1 N–H and O–H groups in total. The maximum Gasteiger partial charge on any atom is 0.291 e. The Balaban J connectivity index is 1.45. The molecule has 29 heavy (non-hydrogen) atoms. The first-order valence-electron chi connectivity index (χ1n) is 8.81. The highest BCUT2D eigenvalue weighted by atomic mass is 35.5. The molecule has 1 aliphatic rings. The van der Waals surface area contributed by atoms with E-state index >= 15 is 0 Å². The lowest BCUT2D eigenvalue weighted by atomic mass is 10.2. The highest BCUT2D eigenvalue weighted by Gasteiger charge is 2.29. The summed E-state index contributed by atoms with van der Waals surface area (Å²) < 4.78 is 7.38. The van der Waals surface area contributed by atoms with E-state index in [0.29, 0.717) is 28.1 Å². The molecule has 1 amide bonds. The fourth-order valence-corrected chi connectivity index (χ4v) is 3.29. The summed E-state index contributed by atoms with van der Waals surface area (Å²) in [7, 11) is 1.77. The molecular weight excluding hydrogens is 412 g/mol. The molecule has 1 atom stereocenters. The van der Waals surface area contributed by atoms with Gasteiger partial charge >= 0.3 is 0 Å². The summed E-state index contributed by atoms with van der Waals surface area (Å²) in [6.07, 6.45) is 3.04. The number of rotatable bonds is 4. The molecule has 8 nitrogen and oxygen atoms in total. The van der Waals surface area contributed by atoms with Crippen LogP contribution in [0.2, 0.25) is 5.02 Å². The topological polar surface area (TPSA) is 85.2 Å². The number of anilines is 1. The first kappa shape index (κ1) is 19.3. The zero-order valence-electron chi connectivity index (χ0n) is 15.4. The second kappa shape index (κ2) is 8.14. The summed E-state index contributed by atoms with van der Waals surface area (Å²) in [6, 6.07) is 10.9. The number of carbonyl (C=O) groups is 1. The van der Waals surface area contributed by atoms with Crippen LogP contribution in [-0.2, 0) is 6.54 Å². The number of hydrogen-bond acceptors (Lipinski definition) is 6. The Morgan fingerprint density at radius 1 is 1.34 bits per heavy atom. The van der Waals surface area contributed by atoms with Crippen molar-refractivity contribution in [2.24, 2.45) is 0 Å². The van der Waals surface area contributed by atoms with E-state index in [-0.39, 0.29) is 12.4 Å². The summed E-state index contributed by atoms with van der Waals surface area (Å²) in [5.74, 6) is 0.679. The Morgan fingerprint density at radius 2 is 2.14 bits per heavy atom. The summed E-state index contributed by atoms with van der Waals surface area (Å²) in [5.41, 5.74) is 1.06. The third kappa shape index (κ3) is 4.20. The number of halogens is 1. The lowest BCUT2D eigenvalue weighted by Crippen LogP contribution is -2.48. The van der Waals surface area contributed by atoms with Crippen molar-refractivity contribution in [1.29, 1.82) is 0 Å². The van der Waals surface area contributed by atoms with Crippen molar-refractivity contribution < 1.29 is 9.53 Å². The second-order valence-electron chi connectivity index (χ2n) is 6.46. The number of carbonyl (C=O) groups excluding carboxylic acids is 1. The van der Waals surface area contributed by atoms with Gasteiger partial charge in [0, 0.05) is 19.3 Å². The summed E-state index contributed by atoms with van der Waals surface area (Å²) in [6.45, 7) is 0.672. The van der Waals surface area contributed by atoms with Gasteiger partial charge in [0.2, 0.25) is 5.82 Å². The van der Waals surface area contributed by atoms with Gasteiger partial charge in [-0.2, -0.15) is 0 Å². The van der Waals surface area contributed by atoms with Crippen LogP contribution in [0.25, 0.3) is 0 Å². The molecule has 0 bridgehead atoms. The van der Waals surface area contributed by atoms with Crippen LogP contribution in [0.15, 0.2) is 48.9 Å². The number of nitrogens with zero attached hydrogens (tertiary/aromatic N) is 5. The molecule has 0 spiro atoms. The fourth-order valence-electron chi connectivity index (χ4n) is 2.93. The van der Waals surface area contributed by atoms with E-state index in [1.54, 1.807) is 22.7 Å². The van der Waals surface area contributed by atoms with Gasteiger partial charge < -0.3 is 15.0 Å². The molecule has 3 heterocycles. The van der Waals surface area contributed by atoms with Gasteiger partial charge in [0.05, 0.1) is 11.6 Å². The zero-order chi connectivity index (χ0) is 20.4. The Morgan fingerprint density at radius 3 is 2.93 bits per heavy atom. The standard InChI is InChI=1S/C19H17ClN6O2S/c1-25-17-15(7-13(20)8-21-17)28-10-14(19(25)29)23-18(27)16-22-11-26(24-16)9-12-5-3-2-4-6-12/h2-8,11,14H,9-10H2,1H3,(H,23,27). The van der Waals surface area contributed by atoms with Gasteiger partial charge in [0.25, 0.3) is 5.91 Å². The van der Waals surface area contributed by atoms with Crippen LogP contribution in [0.5, 0.6) is 5.75 Å². The van der Waals surface area contributed by atoms with E-state index in [9.17, 15) is 4.79 Å². The van der Waals surface area contributed by atoms with Crippen LogP contribution in [0.4, 0.5) is 5.82 Å². The zero-order valence-corrected chi connectivity index (χ0v) is 17.0. The number of fused-ring (bicyclic) bond motifs is 1. The van der Waals surface area contributed by atoms with Crippen molar-refractivity contribution >= 4 is 40.5 Å². The van der Waals surface area contributed by atoms with Gasteiger partial charge in [-0.3, -0.25) is 4.79 Å². The molecule has 0 fully saturated rings. The van der Waals surface area contributed by atoms with Crippen molar-refractivity contribution in [1.82, 2.24) is 25.1 Å². The summed E-state index contributed by atoms with van der Waals surface area (Å²) in [5, 5.41) is 7.55. The highest BCUT2D eigenvalue weighted by Crippen LogP contribution is 2.30. The molecule has 148 valence electrons. The number of hydrogen-bond donors (Lipinski definition) is 1. The first-order valence-corrected chi connectivity index (χ1v) is 9.60. The van der Waals surface area contributed by atoms with E-state index in [2.05, 4.69) is 20.4 Å². The molecule has 2 aromatic heterocycles. The average Bonchev–Trinajstić information content (AvgIpc) is 3.15. The quantitative estimate of drug-likeness (QED) is 0.638. The lowest BCUT2D eigenvalue weighted by Gasteiger charge is -2.22. The molecule has 1 unspecified atom stereocenters. The minimum Gasteiger partial charge on any atom is -0.487 e. The van der Waals surface area contributed by atoms with Gasteiger partial charge in [-0.15, -0.1) is 5.10 Å². The molecular formula is C19H17ClN6O2S. The fraction of sp³-hybridized carbons (Fsp3) is 0.211. The number of thiocarbonyl (C=S) groups is 1. The van der Waals surface area contributed by atoms with Gasteiger partial charge in [-0.25, -0.2) is 14.6 Å². The van der Waals surface area contributed by atoms with E-state index in [1.807, 2.05) is 30.3 Å². The lowest BCUT2D eigenvalue weighted by molar-refractivity contribution is 0.0927. The van der Waals surface area contributed by atoms with E-state index in [1.165, 1.54) is 12.5 Å². The molecule has 4 rings (SSSR count). The van der Waals surface area contributed by atoms with E-state index in [0.717, 1.165) is 5.56 Å². The number of benzene rings is 1. The molecule has 0 saturated heterocycles. The predicted molar refractivity (Wildman–Crippen MR) is 113 cm³/mol. The van der Waals surface area contributed by atoms with Crippen molar-refractivity contribution in [3.05, 3.63) is 65.3 Å². The van der Waals surface area contributed by atoms with Crippen LogP contribution < -0.4 is 15.0 Å². The van der Waals surface area contributed by atoms with Crippen LogP contribution in [0, 0.1) is 0 Å². The SMILES string of the molecule is CN1C(=S)C(NC(=O)c2ncn(Cc3ccccc3)n2)COc2cc(Cl)cnc21. The van der Waals surface area contributed by atoms with Gasteiger partial charge in [-0.05, 0) is 5.56 Å². The average molecular weight is 429 g/mol. The third-order valence-corrected chi connectivity index (χ3v) is 5.15. The number of aromatic nitrogens is 4. The Bertz CT molecular complexity index is 1060. The molecule has 0 radical (unpaired) electrons. The van der Waals surface area contributed by atoms with Crippen LogP contribution >= 0.6 is 23.8 Å². The Hall–Kier alpha value is -3.04. The summed E-state index contributed by atoms with van der Waals surface area (Å²) in [4.78, 5) is 23.2. The minimum atomic E-state index is -0.545. The molecule has 1 aromatic carbocycles. The van der Waals surface area contributed by atoms with Crippen molar-refractivity contribution in [2.75, 3.05) is 18.6 Å². The van der Waals surface area contributed by atoms with Crippen LogP contribution in [0.1, 0.15) is 16.2 Å². The number of pyridine rings is 1. The molecule has 0 saturated carbocycles.